The molecule has 0 atom stereocenters. The van der Waals surface area contributed by atoms with Crippen molar-refractivity contribution in [1.29, 1.82) is 0 Å². The lowest BCUT2D eigenvalue weighted by Crippen LogP contribution is -2.22. The summed E-state index contributed by atoms with van der Waals surface area (Å²) in [5.74, 6) is -0.271. The Morgan fingerprint density at radius 1 is 0.963 bits per heavy atom. The zero-order valence-corrected chi connectivity index (χ0v) is 16.4. The molecule has 0 bridgehead atoms. The van der Waals surface area contributed by atoms with Crippen LogP contribution in [0.1, 0.15) is 27.0 Å². The lowest BCUT2D eigenvalue weighted by atomic mass is 10.1. The van der Waals surface area contributed by atoms with E-state index >= 15 is 0 Å². The lowest BCUT2D eigenvalue weighted by Gasteiger charge is -2.14. The molecule has 7 heteroatoms. The van der Waals surface area contributed by atoms with E-state index in [-0.39, 0.29) is 5.91 Å². The molecule has 2 rings (SSSR count). The maximum atomic E-state index is 12.6. The van der Waals surface area contributed by atoms with Gasteiger partial charge in [0.05, 0.1) is 6.21 Å². The molecule has 0 saturated carbocycles. The minimum absolute atomic E-state index is 0.271. The standard InChI is InChI=1S/C20H28N6O/c1-25(2)12-15-9-17(21)6-5-14(15)11-23-24-20(27)19-8-7-18(22)10-16(19)13-26(3)4/h5-11H,12-13,21-22H2,1-4H3,(H,24,27)/b23-11+. The van der Waals surface area contributed by atoms with Gasteiger partial charge in [0.15, 0.2) is 0 Å². The van der Waals surface area contributed by atoms with Gasteiger partial charge in [-0.2, -0.15) is 5.10 Å². The third-order valence-corrected chi connectivity index (χ3v) is 3.88. The SMILES string of the molecule is CN(C)Cc1cc(N)ccc1/C=N/NC(=O)c1ccc(N)cc1CN(C)C. The molecule has 2 aromatic carbocycles. The monoisotopic (exact) mass is 368 g/mol. The van der Waals surface area contributed by atoms with Gasteiger partial charge in [0.1, 0.15) is 0 Å². The Morgan fingerprint density at radius 2 is 1.52 bits per heavy atom. The van der Waals surface area contributed by atoms with Gasteiger partial charge in [-0.05, 0) is 75.2 Å². The largest absolute Gasteiger partial charge is 0.399 e. The third-order valence-electron chi connectivity index (χ3n) is 3.88. The molecule has 2 aromatic rings. The number of nitrogen functional groups attached to an aromatic ring is 2. The van der Waals surface area contributed by atoms with Crippen molar-refractivity contribution < 1.29 is 4.79 Å². The Kier molecular flexibility index (Phi) is 6.92. The molecule has 0 aliphatic heterocycles. The Balaban J connectivity index is 2.16. The summed E-state index contributed by atoms with van der Waals surface area (Å²) < 4.78 is 0. The van der Waals surface area contributed by atoms with Crippen molar-refractivity contribution in [2.24, 2.45) is 5.10 Å². The molecular weight excluding hydrogens is 340 g/mol. The van der Waals surface area contributed by atoms with Gasteiger partial charge in [0, 0.05) is 30.0 Å². The molecule has 7 nitrogen and oxygen atoms in total. The van der Waals surface area contributed by atoms with Gasteiger partial charge in [0.25, 0.3) is 5.91 Å². The lowest BCUT2D eigenvalue weighted by molar-refractivity contribution is 0.0953. The Morgan fingerprint density at radius 3 is 2.15 bits per heavy atom. The molecule has 0 radical (unpaired) electrons. The molecule has 0 aliphatic rings. The second kappa shape index (κ2) is 9.16. The van der Waals surface area contributed by atoms with Crippen LogP contribution in [0, 0.1) is 0 Å². The van der Waals surface area contributed by atoms with Crippen molar-refractivity contribution in [2.45, 2.75) is 13.1 Å². The predicted octanol–water partition coefficient (Wildman–Crippen LogP) is 1.74. The fourth-order valence-corrected chi connectivity index (χ4v) is 2.76. The number of hydrazone groups is 1. The van der Waals surface area contributed by atoms with Crippen molar-refractivity contribution in [1.82, 2.24) is 15.2 Å². The Labute approximate surface area is 160 Å². The van der Waals surface area contributed by atoms with Crippen molar-refractivity contribution in [2.75, 3.05) is 39.7 Å². The first kappa shape index (κ1) is 20.4. The number of hydrogen-bond acceptors (Lipinski definition) is 6. The molecule has 0 heterocycles. The van der Waals surface area contributed by atoms with E-state index in [9.17, 15) is 4.79 Å². The molecule has 0 fully saturated rings. The number of amides is 1. The number of nitrogens with zero attached hydrogens (tertiary/aromatic N) is 3. The summed E-state index contributed by atoms with van der Waals surface area (Å²) >= 11 is 0. The second-order valence-corrected chi connectivity index (χ2v) is 7.05. The van der Waals surface area contributed by atoms with E-state index in [4.69, 9.17) is 11.5 Å². The molecule has 5 N–H and O–H groups in total. The van der Waals surface area contributed by atoms with Crippen LogP contribution in [0.2, 0.25) is 0 Å². The number of nitrogens with one attached hydrogen (secondary N) is 1. The minimum Gasteiger partial charge on any atom is -0.399 e. The van der Waals surface area contributed by atoms with E-state index in [1.807, 2.05) is 62.3 Å². The van der Waals surface area contributed by atoms with Gasteiger partial charge in [-0.15, -0.1) is 0 Å². The first-order valence-electron chi connectivity index (χ1n) is 8.66. The van der Waals surface area contributed by atoms with Crippen LogP contribution in [0.25, 0.3) is 0 Å². The summed E-state index contributed by atoms with van der Waals surface area (Å²) in [6.07, 6.45) is 1.64. The van der Waals surface area contributed by atoms with Crippen LogP contribution in [0.15, 0.2) is 41.5 Å². The third kappa shape index (κ3) is 6.09. The smallest absolute Gasteiger partial charge is 0.271 e. The zero-order valence-electron chi connectivity index (χ0n) is 16.4. The summed E-state index contributed by atoms with van der Waals surface area (Å²) in [6, 6.07) is 10.9. The van der Waals surface area contributed by atoms with Crippen LogP contribution < -0.4 is 16.9 Å². The molecule has 0 saturated heterocycles. The number of hydrogen-bond donors (Lipinski definition) is 3. The first-order chi connectivity index (χ1) is 12.8. The van der Waals surface area contributed by atoms with Crippen molar-refractivity contribution >= 4 is 23.5 Å². The van der Waals surface area contributed by atoms with Crippen LogP contribution in [0.3, 0.4) is 0 Å². The average molecular weight is 368 g/mol. The van der Waals surface area contributed by atoms with Gasteiger partial charge < -0.3 is 21.3 Å². The maximum absolute atomic E-state index is 12.6. The number of carbonyl (C=O) groups excluding carboxylic acids is 1. The number of nitrogens with two attached hydrogens (primary N) is 2. The van der Waals surface area contributed by atoms with E-state index < -0.39 is 0 Å². The topological polar surface area (TPSA) is 100.0 Å². The fourth-order valence-electron chi connectivity index (χ4n) is 2.76. The molecule has 27 heavy (non-hydrogen) atoms. The van der Waals surface area contributed by atoms with Gasteiger partial charge >= 0.3 is 0 Å². The quantitative estimate of drug-likeness (QED) is 0.393. The first-order valence-corrected chi connectivity index (χ1v) is 8.66. The summed E-state index contributed by atoms with van der Waals surface area (Å²) in [5, 5.41) is 4.13. The van der Waals surface area contributed by atoms with Gasteiger partial charge in [-0.3, -0.25) is 4.79 Å². The number of rotatable bonds is 7. The highest BCUT2D eigenvalue weighted by Gasteiger charge is 2.12. The highest BCUT2D eigenvalue weighted by Crippen LogP contribution is 2.16. The maximum Gasteiger partial charge on any atom is 0.271 e. The summed E-state index contributed by atoms with van der Waals surface area (Å²) in [7, 11) is 7.85. The number of benzene rings is 2. The summed E-state index contributed by atoms with van der Waals surface area (Å²) in [6.45, 7) is 1.34. The average Bonchev–Trinajstić information content (AvgIpc) is 2.55. The van der Waals surface area contributed by atoms with Crippen molar-refractivity contribution in [3.8, 4) is 0 Å². The predicted molar refractivity (Wildman–Crippen MR) is 112 cm³/mol. The summed E-state index contributed by atoms with van der Waals surface area (Å²) in [4.78, 5) is 16.6. The highest BCUT2D eigenvalue weighted by atomic mass is 16.2. The molecule has 0 aliphatic carbocycles. The van der Waals surface area contributed by atoms with E-state index in [0.29, 0.717) is 23.5 Å². The van der Waals surface area contributed by atoms with Crippen molar-refractivity contribution in [3.63, 3.8) is 0 Å². The van der Waals surface area contributed by atoms with E-state index in [0.717, 1.165) is 23.2 Å². The zero-order chi connectivity index (χ0) is 20.0. The van der Waals surface area contributed by atoms with E-state index in [1.165, 1.54) is 0 Å². The Bertz CT molecular complexity index is 829. The molecule has 144 valence electrons. The van der Waals surface area contributed by atoms with Crippen LogP contribution >= 0.6 is 0 Å². The van der Waals surface area contributed by atoms with Crippen molar-refractivity contribution in [3.05, 3.63) is 58.7 Å². The molecule has 0 spiro atoms. The minimum atomic E-state index is -0.271. The normalized spacial score (nSPS) is 11.5. The second-order valence-electron chi connectivity index (χ2n) is 7.05. The molecular formula is C20H28N6O. The van der Waals surface area contributed by atoms with E-state index in [1.54, 1.807) is 18.3 Å². The van der Waals surface area contributed by atoms with Crippen LogP contribution in [-0.4, -0.2) is 50.1 Å². The van der Waals surface area contributed by atoms with Crippen LogP contribution in [0.5, 0.6) is 0 Å². The summed E-state index contributed by atoms with van der Waals surface area (Å²) in [5.41, 5.74) is 19.0. The van der Waals surface area contributed by atoms with Crippen LogP contribution in [0.4, 0.5) is 11.4 Å². The molecule has 0 aromatic heterocycles. The van der Waals surface area contributed by atoms with Gasteiger partial charge in [0.2, 0.25) is 0 Å². The molecule has 0 unspecified atom stereocenters. The van der Waals surface area contributed by atoms with Gasteiger partial charge in [-0.1, -0.05) is 6.07 Å². The highest BCUT2D eigenvalue weighted by molar-refractivity contribution is 5.96. The number of carbonyl (C=O) groups is 1. The van der Waals surface area contributed by atoms with Crippen LogP contribution in [-0.2, 0) is 13.1 Å². The number of anilines is 2. The van der Waals surface area contributed by atoms with E-state index in [2.05, 4.69) is 10.5 Å². The molecule has 1 amide bonds. The Hall–Kier alpha value is -2.90. The fraction of sp³-hybridized carbons (Fsp3) is 0.300. The van der Waals surface area contributed by atoms with Gasteiger partial charge in [-0.25, -0.2) is 5.43 Å².